The smallest absolute Gasteiger partial charge is 0.236 e. The van der Waals surface area contributed by atoms with Gasteiger partial charge in [-0.25, -0.2) is 9.97 Å². The number of carbonyl (C=O) groups excluding carboxylic acids is 2. The highest BCUT2D eigenvalue weighted by Gasteiger charge is 2.66. The van der Waals surface area contributed by atoms with E-state index in [4.69, 9.17) is 11.6 Å². The second kappa shape index (κ2) is 4.32. The van der Waals surface area contributed by atoms with Crippen LogP contribution in [0.2, 0.25) is 5.15 Å². The fourth-order valence-corrected chi connectivity index (χ4v) is 4.38. The molecule has 0 N–H and O–H groups in total. The Bertz CT molecular complexity index is 857. The Kier molecular flexibility index (Phi) is 2.53. The highest BCUT2D eigenvalue weighted by Crippen LogP contribution is 2.55. The Morgan fingerprint density at radius 3 is 2.83 bits per heavy atom. The third-order valence-corrected chi connectivity index (χ3v) is 5.87. The number of Topliss-reactive ketones (excluding diaryl/α,β-unsaturated/α-hetero) is 1. The molecule has 3 fully saturated rings. The van der Waals surface area contributed by atoms with Crippen LogP contribution in [0.4, 0.5) is 0 Å². The summed E-state index contributed by atoms with van der Waals surface area (Å²) in [5.74, 6) is 1.21. The number of fused-ring (bicyclic) bond motifs is 2. The lowest BCUT2D eigenvalue weighted by molar-refractivity contribution is -0.134. The van der Waals surface area contributed by atoms with Gasteiger partial charge in [-0.3, -0.25) is 14.0 Å². The molecule has 1 aliphatic carbocycles. The molecule has 5 rings (SSSR count). The zero-order valence-corrected chi connectivity index (χ0v) is 13.2. The van der Waals surface area contributed by atoms with Crippen molar-refractivity contribution in [1.82, 2.24) is 19.3 Å². The third kappa shape index (κ3) is 1.64. The highest BCUT2D eigenvalue weighted by atomic mass is 35.5. The van der Waals surface area contributed by atoms with E-state index >= 15 is 0 Å². The van der Waals surface area contributed by atoms with Gasteiger partial charge >= 0.3 is 0 Å². The normalized spacial score (nSPS) is 28.7. The fraction of sp³-hybridized carbons (Fsp3) is 0.500. The van der Waals surface area contributed by atoms with Crippen molar-refractivity contribution in [3.63, 3.8) is 0 Å². The first-order valence-electron chi connectivity index (χ1n) is 7.95. The molecule has 2 atom stereocenters. The molecule has 118 valence electrons. The summed E-state index contributed by atoms with van der Waals surface area (Å²) in [6.45, 7) is 0.566. The van der Waals surface area contributed by atoms with Crippen LogP contribution in [-0.4, -0.2) is 43.5 Å². The predicted molar refractivity (Wildman–Crippen MR) is 82.1 cm³/mol. The molecule has 0 aromatic carbocycles. The maximum Gasteiger partial charge on any atom is 0.236 e. The predicted octanol–water partition coefficient (Wildman–Crippen LogP) is 1.82. The van der Waals surface area contributed by atoms with E-state index < -0.39 is 5.41 Å². The number of rotatable bonds is 1. The SMILES string of the molecule is O=C1[C@@H]2CCC(c3ncc4c(Cl)nccn34)CN2C(=O)C12CC2. The number of aromatic nitrogens is 3. The molecule has 4 heterocycles. The van der Waals surface area contributed by atoms with Crippen molar-refractivity contribution in [2.45, 2.75) is 37.6 Å². The fourth-order valence-electron chi connectivity index (χ4n) is 4.18. The Morgan fingerprint density at radius 2 is 2.04 bits per heavy atom. The van der Waals surface area contributed by atoms with Crippen molar-refractivity contribution in [2.24, 2.45) is 5.41 Å². The standard InChI is InChI=1S/C16H15ClN4O2/c17-13-11-7-19-14(20(11)6-5-18-13)9-1-2-10-12(22)16(3-4-16)15(23)21(10)8-9/h5-7,9-10H,1-4,8H2/t9?,10-/m0/s1. The second-order valence-electron chi connectivity index (χ2n) is 6.78. The highest BCUT2D eigenvalue weighted by molar-refractivity contribution is 6.32. The van der Waals surface area contributed by atoms with Gasteiger partial charge in [-0.2, -0.15) is 0 Å². The van der Waals surface area contributed by atoms with Crippen molar-refractivity contribution in [3.05, 3.63) is 29.6 Å². The van der Waals surface area contributed by atoms with Gasteiger partial charge in [0.25, 0.3) is 0 Å². The van der Waals surface area contributed by atoms with E-state index in [1.54, 1.807) is 17.3 Å². The Hall–Kier alpha value is -1.95. The van der Waals surface area contributed by atoms with Crippen molar-refractivity contribution >= 4 is 28.8 Å². The first-order valence-corrected chi connectivity index (χ1v) is 8.32. The molecule has 2 aromatic heterocycles. The maximum absolute atomic E-state index is 12.6. The molecule has 0 radical (unpaired) electrons. The van der Waals surface area contributed by atoms with E-state index in [2.05, 4.69) is 9.97 Å². The summed E-state index contributed by atoms with van der Waals surface area (Å²) < 4.78 is 1.94. The van der Waals surface area contributed by atoms with Crippen LogP contribution in [0, 0.1) is 5.41 Å². The van der Waals surface area contributed by atoms with Crippen LogP contribution in [0.3, 0.4) is 0 Å². The lowest BCUT2D eigenvalue weighted by atomic mass is 9.90. The second-order valence-corrected chi connectivity index (χ2v) is 7.14. The van der Waals surface area contributed by atoms with E-state index in [0.717, 1.165) is 37.0 Å². The first-order chi connectivity index (χ1) is 11.1. The summed E-state index contributed by atoms with van der Waals surface area (Å²) in [6.07, 6.45) is 8.26. The van der Waals surface area contributed by atoms with E-state index in [1.807, 2.05) is 10.6 Å². The van der Waals surface area contributed by atoms with Gasteiger partial charge in [0.1, 0.15) is 16.8 Å². The number of halogens is 1. The summed E-state index contributed by atoms with van der Waals surface area (Å²) in [5, 5.41) is 0.421. The zero-order chi connectivity index (χ0) is 15.8. The van der Waals surface area contributed by atoms with Crippen molar-refractivity contribution in [3.8, 4) is 0 Å². The molecular weight excluding hydrogens is 316 g/mol. The van der Waals surface area contributed by atoms with E-state index in [9.17, 15) is 9.59 Å². The lowest BCUT2D eigenvalue weighted by Gasteiger charge is -2.33. The molecular formula is C16H15ClN4O2. The van der Waals surface area contributed by atoms with Crippen LogP contribution >= 0.6 is 11.6 Å². The molecule has 2 aliphatic heterocycles. The van der Waals surface area contributed by atoms with Crippen LogP contribution < -0.4 is 0 Å². The van der Waals surface area contributed by atoms with Crippen molar-refractivity contribution in [1.29, 1.82) is 0 Å². The number of ketones is 1. The van der Waals surface area contributed by atoms with Crippen LogP contribution in [0.15, 0.2) is 18.6 Å². The van der Waals surface area contributed by atoms with E-state index in [-0.39, 0.29) is 23.7 Å². The number of imidazole rings is 1. The van der Waals surface area contributed by atoms with Crippen LogP contribution in [0.25, 0.3) is 5.52 Å². The number of piperidine rings is 1. The molecule has 0 bridgehead atoms. The van der Waals surface area contributed by atoms with Crippen molar-refractivity contribution < 1.29 is 9.59 Å². The molecule has 2 aromatic rings. The van der Waals surface area contributed by atoms with Gasteiger partial charge < -0.3 is 4.90 Å². The number of amides is 1. The molecule has 23 heavy (non-hydrogen) atoms. The lowest BCUT2D eigenvalue weighted by Crippen LogP contribution is -2.43. The molecule has 7 heteroatoms. The average molecular weight is 331 g/mol. The van der Waals surface area contributed by atoms with Gasteiger partial charge in [-0.05, 0) is 25.7 Å². The molecule has 1 spiro atoms. The third-order valence-electron chi connectivity index (χ3n) is 5.58. The number of carbonyl (C=O) groups is 2. The minimum absolute atomic E-state index is 0.0396. The van der Waals surface area contributed by atoms with Crippen LogP contribution in [-0.2, 0) is 9.59 Å². The largest absolute Gasteiger partial charge is 0.331 e. The average Bonchev–Trinajstić information content (AvgIpc) is 3.21. The monoisotopic (exact) mass is 330 g/mol. The van der Waals surface area contributed by atoms with Gasteiger partial charge in [0.15, 0.2) is 10.9 Å². The molecule has 1 saturated carbocycles. The van der Waals surface area contributed by atoms with E-state index in [0.29, 0.717) is 11.7 Å². The Labute approximate surface area is 137 Å². The minimum Gasteiger partial charge on any atom is -0.331 e. The van der Waals surface area contributed by atoms with Gasteiger partial charge in [-0.15, -0.1) is 0 Å². The van der Waals surface area contributed by atoms with Crippen molar-refractivity contribution in [2.75, 3.05) is 6.54 Å². The van der Waals surface area contributed by atoms with Gasteiger partial charge in [0, 0.05) is 24.9 Å². The summed E-state index contributed by atoms with van der Waals surface area (Å²) in [7, 11) is 0. The van der Waals surface area contributed by atoms with Crippen LogP contribution in [0.1, 0.15) is 37.4 Å². The molecule has 1 unspecified atom stereocenters. The molecule has 6 nitrogen and oxygen atoms in total. The Morgan fingerprint density at radius 1 is 1.22 bits per heavy atom. The topological polar surface area (TPSA) is 67.6 Å². The molecule has 2 saturated heterocycles. The quantitative estimate of drug-likeness (QED) is 0.748. The first kappa shape index (κ1) is 13.5. The van der Waals surface area contributed by atoms with Gasteiger partial charge in [-0.1, -0.05) is 11.6 Å². The molecule has 3 aliphatic rings. The number of hydrogen-bond acceptors (Lipinski definition) is 4. The van der Waals surface area contributed by atoms with Gasteiger partial charge in [0.05, 0.1) is 12.2 Å². The molecule has 1 amide bonds. The number of hydrogen-bond donors (Lipinski definition) is 0. The summed E-state index contributed by atoms with van der Waals surface area (Å²) in [6, 6.07) is -0.210. The summed E-state index contributed by atoms with van der Waals surface area (Å²) >= 11 is 6.11. The minimum atomic E-state index is -0.651. The van der Waals surface area contributed by atoms with E-state index in [1.165, 1.54) is 0 Å². The summed E-state index contributed by atoms with van der Waals surface area (Å²) in [4.78, 5) is 35.5. The maximum atomic E-state index is 12.6. The summed E-state index contributed by atoms with van der Waals surface area (Å²) in [5.41, 5.74) is 0.121. The van der Waals surface area contributed by atoms with Crippen LogP contribution in [0.5, 0.6) is 0 Å². The van der Waals surface area contributed by atoms with Gasteiger partial charge in [0.2, 0.25) is 5.91 Å². The zero-order valence-electron chi connectivity index (χ0n) is 12.4. The number of nitrogens with zero attached hydrogens (tertiary/aromatic N) is 4. The Balaban J connectivity index is 1.50.